The number of aldehydes is 1. The summed E-state index contributed by atoms with van der Waals surface area (Å²) in [7, 11) is 2.00. The number of aliphatic hydroxyl groups excluding tert-OH is 2. The summed E-state index contributed by atoms with van der Waals surface area (Å²) in [4.78, 5) is 25.6. The number of nitrogens with zero attached hydrogens (tertiary/aromatic N) is 1. The van der Waals surface area contributed by atoms with Gasteiger partial charge in [0.05, 0.1) is 12.6 Å². The number of amides is 1. The fourth-order valence-corrected chi connectivity index (χ4v) is 3.99. The fourth-order valence-electron chi connectivity index (χ4n) is 3.99. The van der Waals surface area contributed by atoms with Crippen molar-refractivity contribution in [2.75, 3.05) is 20.8 Å². The number of aliphatic hydroxyl groups is 2. The normalized spacial score (nSPS) is 24.5. The van der Waals surface area contributed by atoms with Gasteiger partial charge in [0.2, 0.25) is 0 Å². The van der Waals surface area contributed by atoms with Gasteiger partial charge in [-0.1, -0.05) is 36.4 Å². The topological polar surface area (TPSA) is 102 Å². The number of benzene rings is 1. The Bertz CT molecular complexity index is 813. The van der Waals surface area contributed by atoms with Crippen molar-refractivity contribution in [3.8, 4) is 0 Å². The van der Waals surface area contributed by atoms with Gasteiger partial charge < -0.3 is 25.3 Å². The number of rotatable bonds is 3. The van der Waals surface area contributed by atoms with Gasteiger partial charge >= 0.3 is 0 Å². The number of allylic oxidation sites excluding steroid dienone is 3. The molecular formula is C22H28N2O4. The summed E-state index contributed by atoms with van der Waals surface area (Å²) in [6.07, 6.45) is 6.17. The number of fused-ring (bicyclic) bond motifs is 1. The molecule has 0 aromatic heterocycles. The van der Waals surface area contributed by atoms with E-state index in [9.17, 15) is 9.59 Å². The van der Waals surface area contributed by atoms with Crippen LogP contribution in [0, 0.1) is 24.2 Å². The number of carbonyl (C=O) groups is 2. The second-order valence-electron chi connectivity index (χ2n) is 6.95. The van der Waals surface area contributed by atoms with E-state index in [2.05, 4.69) is 31.2 Å². The predicted molar refractivity (Wildman–Crippen MR) is 109 cm³/mol. The van der Waals surface area contributed by atoms with Gasteiger partial charge in [-0.2, -0.15) is 0 Å². The third-order valence-corrected chi connectivity index (χ3v) is 5.37. The number of aryl methyl sites for hydroxylation is 1. The highest BCUT2D eigenvalue weighted by atomic mass is 16.2. The fraction of sp³-hybridized carbons (Fsp3) is 0.409. The van der Waals surface area contributed by atoms with E-state index in [1.54, 1.807) is 4.90 Å². The minimum absolute atomic E-state index is 0.0677. The van der Waals surface area contributed by atoms with Crippen molar-refractivity contribution in [2.45, 2.75) is 25.8 Å². The molecule has 2 unspecified atom stereocenters. The van der Waals surface area contributed by atoms with Crippen LogP contribution in [0.1, 0.15) is 24.0 Å². The maximum atomic E-state index is 12.8. The van der Waals surface area contributed by atoms with Crippen LogP contribution in [0.4, 0.5) is 0 Å². The molecule has 2 fully saturated rings. The molecule has 1 saturated heterocycles. The van der Waals surface area contributed by atoms with E-state index in [0.717, 1.165) is 32.5 Å². The molecule has 0 spiro atoms. The van der Waals surface area contributed by atoms with Gasteiger partial charge in [0, 0.05) is 31.9 Å². The molecule has 3 aliphatic rings. The summed E-state index contributed by atoms with van der Waals surface area (Å²) in [6, 6.07) is 7.88. The van der Waals surface area contributed by atoms with Gasteiger partial charge in [-0.25, -0.2) is 0 Å². The highest BCUT2D eigenvalue weighted by Gasteiger charge is 2.48. The average Bonchev–Trinajstić information content (AvgIpc) is 3.45. The summed E-state index contributed by atoms with van der Waals surface area (Å²) < 4.78 is 0. The summed E-state index contributed by atoms with van der Waals surface area (Å²) in [5.74, 6) is 0.605. The summed E-state index contributed by atoms with van der Waals surface area (Å²) >= 11 is 0. The molecule has 6 heteroatoms. The minimum Gasteiger partial charge on any atom is -0.400 e. The van der Waals surface area contributed by atoms with Crippen LogP contribution in [0.2, 0.25) is 0 Å². The van der Waals surface area contributed by atoms with Crippen molar-refractivity contribution in [3.05, 3.63) is 53.1 Å². The van der Waals surface area contributed by atoms with Crippen molar-refractivity contribution in [1.82, 2.24) is 4.90 Å². The van der Waals surface area contributed by atoms with Gasteiger partial charge in [0.1, 0.15) is 6.29 Å². The predicted octanol–water partition coefficient (Wildman–Crippen LogP) is 1.99. The zero-order valence-electron chi connectivity index (χ0n) is 16.6. The van der Waals surface area contributed by atoms with Crippen molar-refractivity contribution in [2.24, 2.45) is 11.8 Å². The number of hydrogen-bond acceptors (Lipinski definition) is 5. The SMILES string of the molecule is CO.CO.Cc1ccccc1C1=CC=C(C(=O)N2CC(=N)C[C@H]2C=O)C2CC12. The second-order valence-corrected chi connectivity index (χ2v) is 6.95. The molecule has 1 aliphatic heterocycles. The molecule has 4 rings (SSSR count). The minimum atomic E-state index is -0.468. The Kier molecular flexibility index (Phi) is 7.43. The summed E-state index contributed by atoms with van der Waals surface area (Å²) in [5.41, 5.74) is 5.10. The van der Waals surface area contributed by atoms with E-state index in [4.69, 9.17) is 15.6 Å². The standard InChI is InChI=1S/C20H20N2O2.2CH4O/c1-12-4-2-3-5-15(12)16-6-7-17(19-9-18(16)19)20(24)22-10-13(21)8-14(22)11-23;2*1-2/h2-7,11,14,18-19,21H,8-10H2,1H3;2*2H,1H3/t14-,18?,19?;;/m0../s1. The van der Waals surface area contributed by atoms with Gasteiger partial charge in [-0.3, -0.25) is 4.79 Å². The van der Waals surface area contributed by atoms with E-state index in [1.165, 1.54) is 16.7 Å². The number of nitrogens with one attached hydrogen (secondary N) is 1. The van der Waals surface area contributed by atoms with E-state index >= 15 is 0 Å². The van der Waals surface area contributed by atoms with Crippen molar-refractivity contribution in [1.29, 1.82) is 5.41 Å². The quantitative estimate of drug-likeness (QED) is 0.694. The first kappa shape index (κ1) is 21.7. The lowest BCUT2D eigenvalue weighted by atomic mass is 9.90. The smallest absolute Gasteiger partial charge is 0.251 e. The molecule has 150 valence electrons. The Morgan fingerprint density at radius 1 is 1.14 bits per heavy atom. The highest BCUT2D eigenvalue weighted by Crippen LogP contribution is 2.55. The van der Waals surface area contributed by atoms with Crippen LogP contribution < -0.4 is 0 Å². The van der Waals surface area contributed by atoms with Crippen LogP contribution in [0.5, 0.6) is 0 Å². The number of hydrogen-bond donors (Lipinski definition) is 3. The van der Waals surface area contributed by atoms with Gasteiger partial charge in [0.15, 0.2) is 0 Å². The van der Waals surface area contributed by atoms with Crippen LogP contribution >= 0.6 is 0 Å². The van der Waals surface area contributed by atoms with E-state index in [-0.39, 0.29) is 18.4 Å². The first-order valence-electron chi connectivity index (χ1n) is 9.30. The summed E-state index contributed by atoms with van der Waals surface area (Å²) in [5, 5.41) is 21.8. The van der Waals surface area contributed by atoms with E-state index < -0.39 is 6.04 Å². The first-order chi connectivity index (χ1) is 13.6. The third kappa shape index (κ3) is 4.13. The molecule has 1 amide bonds. The lowest BCUT2D eigenvalue weighted by Gasteiger charge is -2.23. The third-order valence-electron chi connectivity index (χ3n) is 5.37. The molecule has 1 saturated carbocycles. The molecule has 1 aromatic carbocycles. The molecule has 3 atom stereocenters. The number of likely N-dealkylation sites (tertiary alicyclic amines) is 1. The highest BCUT2D eigenvalue weighted by molar-refractivity contribution is 6.03. The molecule has 2 aliphatic carbocycles. The molecule has 1 heterocycles. The van der Waals surface area contributed by atoms with Gasteiger partial charge in [-0.15, -0.1) is 0 Å². The van der Waals surface area contributed by atoms with Gasteiger partial charge in [-0.05, 0) is 41.9 Å². The Labute approximate surface area is 165 Å². The zero-order valence-corrected chi connectivity index (χ0v) is 16.6. The lowest BCUT2D eigenvalue weighted by Crippen LogP contribution is -2.38. The Morgan fingerprint density at radius 2 is 1.82 bits per heavy atom. The van der Waals surface area contributed by atoms with Crippen LogP contribution in [-0.4, -0.2) is 59.8 Å². The van der Waals surface area contributed by atoms with Crippen LogP contribution in [0.25, 0.3) is 5.57 Å². The molecular weight excluding hydrogens is 356 g/mol. The molecule has 0 radical (unpaired) electrons. The zero-order chi connectivity index (χ0) is 20.8. The van der Waals surface area contributed by atoms with Gasteiger partial charge in [0.25, 0.3) is 5.91 Å². The Morgan fingerprint density at radius 3 is 2.46 bits per heavy atom. The first-order valence-corrected chi connectivity index (χ1v) is 9.30. The maximum Gasteiger partial charge on any atom is 0.251 e. The average molecular weight is 384 g/mol. The molecule has 0 bridgehead atoms. The molecule has 3 N–H and O–H groups in total. The lowest BCUT2D eigenvalue weighted by molar-refractivity contribution is -0.131. The van der Waals surface area contributed by atoms with Crippen molar-refractivity contribution in [3.63, 3.8) is 0 Å². The van der Waals surface area contributed by atoms with Crippen molar-refractivity contribution < 1.29 is 19.8 Å². The van der Waals surface area contributed by atoms with E-state index in [1.807, 2.05) is 12.1 Å². The maximum absolute atomic E-state index is 12.8. The van der Waals surface area contributed by atoms with Crippen LogP contribution in [0.3, 0.4) is 0 Å². The Balaban J connectivity index is 0.000000660. The molecule has 28 heavy (non-hydrogen) atoms. The van der Waals surface area contributed by atoms with Crippen LogP contribution in [0.15, 0.2) is 42.0 Å². The van der Waals surface area contributed by atoms with E-state index in [0.29, 0.717) is 18.1 Å². The molecule has 6 nitrogen and oxygen atoms in total. The second kappa shape index (κ2) is 9.57. The number of carbonyl (C=O) groups excluding carboxylic acids is 2. The Hall–Kier alpha value is -2.57. The molecule has 1 aromatic rings. The largest absolute Gasteiger partial charge is 0.400 e. The van der Waals surface area contributed by atoms with Crippen molar-refractivity contribution >= 4 is 23.5 Å². The van der Waals surface area contributed by atoms with Crippen LogP contribution in [-0.2, 0) is 9.59 Å². The monoisotopic (exact) mass is 384 g/mol. The summed E-state index contributed by atoms with van der Waals surface area (Å²) in [6.45, 7) is 2.40.